The van der Waals surface area contributed by atoms with Gasteiger partial charge in [-0.2, -0.15) is 0 Å². The van der Waals surface area contributed by atoms with Crippen molar-refractivity contribution in [3.63, 3.8) is 0 Å². The molecule has 6 aromatic rings. The minimum atomic E-state index is -2.08. The van der Waals surface area contributed by atoms with Gasteiger partial charge in [0.1, 0.15) is 46.4 Å². The van der Waals surface area contributed by atoms with Crippen molar-refractivity contribution in [2.24, 2.45) is 0 Å². The number of carbonyl (C=O) groups is 2. The van der Waals surface area contributed by atoms with Crippen LogP contribution in [0, 0.1) is 0 Å². The predicted octanol–water partition coefficient (Wildman–Crippen LogP) is 5.92. The zero-order valence-corrected chi connectivity index (χ0v) is 30.1. The smallest absolute Gasteiger partial charge is 0.249 e. The van der Waals surface area contributed by atoms with Crippen molar-refractivity contribution < 1.29 is 30.0 Å². The summed E-state index contributed by atoms with van der Waals surface area (Å²) in [5, 5.41) is 39.5. The molecule has 0 atom stereocenters. The molecule has 51 heavy (non-hydrogen) atoms. The minimum Gasteiger partial charge on any atom is -0.565 e. The molecule has 0 aliphatic carbocycles. The van der Waals surface area contributed by atoms with Gasteiger partial charge < -0.3 is 30.0 Å². The van der Waals surface area contributed by atoms with Gasteiger partial charge in [0.15, 0.2) is 0 Å². The van der Waals surface area contributed by atoms with Gasteiger partial charge >= 0.3 is 0 Å². The van der Waals surface area contributed by atoms with Crippen LogP contribution in [-0.4, -0.2) is 34.8 Å². The van der Waals surface area contributed by atoms with Crippen molar-refractivity contribution in [3.05, 3.63) is 182 Å². The lowest BCUT2D eigenvalue weighted by molar-refractivity contribution is -0.276. The monoisotopic (exact) mass is 716 g/mol. The molecule has 0 aromatic heterocycles. The molecule has 0 spiro atoms. The van der Waals surface area contributed by atoms with E-state index in [1.54, 1.807) is 0 Å². The molecular formula is C43H42O6P2. The minimum absolute atomic E-state index is 1.18. The van der Waals surface area contributed by atoms with Gasteiger partial charge in [0.05, 0.1) is 12.3 Å². The van der Waals surface area contributed by atoms with Gasteiger partial charge in [-0.15, -0.1) is 0 Å². The Morgan fingerprint density at radius 1 is 0.353 bits per heavy atom. The first-order valence-corrected chi connectivity index (χ1v) is 20.7. The van der Waals surface area contributed by atoms with Crippen LogP contribution in [0.15, 0.2) is 182 Å². The Hall–Kier alpha value is -5.28. The fourth-order valence-electron chi connectivity index (χ4n) is 6.64. The zero-order chi connectivity index (χ0) is 36.4. The van der Waals surface area contributed by atoms with Crippen molar-refractivity contribution in [3.8, 4) is 0 Å². The van der Waals surface area contributed by atoms with Crippen molar-refractivity contribution in [1.29, 1.82) is 0 Å². The van der Waals surface area contributed by atoms with Gasteiger partial charge in [-0.25, -0.2) is 0 Å². The topological polar surface area (TPSA) is 121 Å². The second-order valence-electron chi connectivity index (χ2n) is 11.7. The normalized spacial score (nSPS) is 10.8. The van der Waals surface area contributed by atoms with Crippen LogP contribution in [-0.2, 0) is 0 Å². The third kappa shape index (κ3) is 10.4. The molecule has 0 aliphatic heterocycles. The molecule has 0 bridgehead atoms. The van der Waals surface area contributed by atoms with Crippen molar-refractivity contribution in [1.82, 2.24) is 0 Å². The molecule has 0 saturated carbocycles. The SMILES string of the molecule is O=C([O-])O.O=C([O-])O.c1ccc([P+](CCCCC[P+](c2ccccc2)(c2ccccc2)c2ccccc2)(c2ccccc2)c2ccccc2)cc1. The summed E-state index contributed by atoms with van der Waals surface area (Å²) in [4.78, 5) is 16.9. The van der Waals surface area contributed by atoms with Crippen LogP contribution in [0.4, 0.5) is 9.59 Å². The largest absolute Gasteiger partial charge is 0.565 e. The number of unbranched alkanes of at least 4 members (excludes halogenated alkanes) is 2. The highest BCUT2D eigenvalue weighted by molar-refractivity contribution is 7.96. The van der Waals surface area contributed by atoms with Gasteiger partial charge in [0.2, 0.25) is 12.3 Å². The van der Waals surface area contributed by atoms with Gasteiger partial charge in [-0.3, -0.25) is 0 Å². The highest BCUT2D eigenvalue weighted by Gasteiger charge is 2.46. The molecule has 0 unspecified atom stereocenters. The van der Waals surface area contributed by atoms with Crippen LogP contribution in [0.25, 0.3) is 0 Å². The third-order valence-electron chi connectivity index (χ3n) is 8.67. The van der Waals surface area contributed by atoms with Crippen LogP contribution in [0.5, 0.6) is 0 Å². The maximum absolute atomic E-state index is 8.44. The van der Waals surface area contributed by atoms with Crippen LogP contribution in [0.1, 0.15) is 19.3 Å². The lowest BCUT2D eigenvalue weighted by Gasteiger charge is -2.29. The summed E-state index contributed by atoms with van der Waals surface area (Å²) in [6, 6.07) is 67.9. The van der Waals surface area contributed by atoms with Gasteiger partial charge in [-0.05, 0) is 92.1 Å². The second-order valence-corrected chi connectivity index (χ2v) is 18.9. The number of hydrogen-bond acceptors (Lipinski definition) is 4. The predicted molar refractivity (Wildman–Crippen MR) is 210 cm³/mol. The lowest BCUT2D eigenvalue weighted by atomic mass is 10.3. The molecule has 6 nitrogen and oxygen atoms in total. The molecule has 0 amide bonds. The maximum atomic E-state index is 8.44. The van der Waals surface area contributed by atoms with E-state index in [4.69, 9.17) is 30.0 Å². The summed E-state index contributed by atoms with van der Waals surface area (Å²) < 4.78 is 0. The first-order chi connectivity index (χ1) is 24.8. The van der Waals surface area contributed by atoms with E-state index in [1.807, 2.05) is 0 Å². The van der Waals surface area contributed by atoms with Crippen LogP contribution >= 0.6 is 14.5 Å². The van der Waals surface area contributed by atoms with E-state index in [-0.39, 0.29) is 0 Å². The Balaban J connectivity index is 0.000000662. The molecule has 6 rings (SSSR count). The first-order valence-electron chi connectivity index (χ1n) is 16.7. The number of rotatable bonds is 12. The van der Waals surface area contributed by atoms with Crippen molar-refractivity contribution in [2.45, 2.75) is 19.3 Å². The Morgan fingerprint density at radius 2 is 0.510 bits per heavy atom. The molecule has 0 saturated heterocycles. The van der Waals surface area contributed by atoms with Gasteiger partial charge in [0.25, 0.3) is 0 Å². The molecule has 0 radical (unpaired) electrons. The molecule has 0 heterocycles. The summed E-state index contributed by atoms with van der Waals surface area (Å²) in [6.45, 7) is 0. The van der Waals surface area contributed by atoms with Crippen molar-refractivity contribution in [2.75, 3.05) is 12.3 Å². The van der Waals surface area contributed by atoms with Crippen molar-refractivity contribution >= 4 is 58.7 Å². The molecule has 2 N–H and O–H groups in total. The van der Waals surface area contributed by atoms with E-state index < -0.39 is 26.8 Å². The molecule has 0 fully saturated rings. The summed E-state index contributed by atoms with van der Waals surface area (Å²) in [7, 11) is -3.60. The Labute approximate surface area is 301 Å². The standard InChI is InChI=1S/C41H40P2.2CH2O3/c1-8-22-36(23-9-1)42(37-24-10-2-11-25-37,38-26-12-3-13-27-38)34-20-7-21-35-43(39-28-14-4-15-29-39,40-30-16-5-17-31-40)41-32-18-6-19-33-41;2*2-1(3)4/h1-6,8-19,22-33H,7,20-21,34-35H2;2*(H2,2,3,4)/q+2;;/p-2. The van der Waals surface area contributed by atoms with E-state index in [9.17, 15) is 0 Å². The quantitative estimate of drug-likeness (QED) is 0.120. The summed E-state index contributed by atoms with van der Waals surface area (Å²) >= 11 is 0. The lowest BCUT2D eigenvalue weighted by Crippen LogP contribution is -2.34. The third-order valence-corrected chi connectivity index (χ3v) is 17.7. The number of benzene rings is 6. The molecule has 8 heteroatoms. The van der Waals surface area contributed by atoms with E-state index >= 15 is 0 Å². The van der Waals surface area contributed by atoms with E-state index in [2.05, 4.69) is 182 Å². The summed E-state index contributed by atoms with van der Waals surface area (Å²) in [5.74, 6) is 0. The average Bonchev–Trinajstić information content (AvgIpc) is 3.17. The fourth-order valence-corrected chi connectivity index (χ4v) is 15.5. The number of carboxylic acid groups (broad SMARTS) is 4. The first kappa shape index (κ1) is 38.5. The number of hydrogen-bond donors (Lipinski definition) is 2. The summed E-state index contributed by atoms with van der Waals surface area (Å²) in [6.07, 6.45) is 1.80. The Kier molecular flexibility index (Phi) is 14.9. The zero-order valence-electron chi connectivity index (χ0n) is 28.3. The Bertz CT molecular complexity index is 1530. The van der Waals surface area contributed by atoms with Crippen LogP contribution in [0.3, 0.4) is 0 Å². The highest BCUT2D eigenvalue weighted by atomic mass is 31.2. The van der Waals surface area contributed by atoms with Gasteiger partial charge in [0, 0.05) is 0 Å². The second kappa shape index (κ2) is 19.8. The molecular weight excluding hydrogens is 674 g/mol. The maximum Gasteiger partial charge on any atom is 0.249 e. The molecule has 0 aliphatic rings. The highest BCUT2D eigenvalue weighted by Crippen LogP contribution is 2.58. The molecule has 6 aromatic carbocycles. The molecule has 260 valence electrons. The van der Waals surface area contributed by atoms with E-state index in [1.165, 1.54) is 63.4 Å². The van der Waals surface area contributed by atoms with Crippen LogP contribution < -0.4 is 42.0 Å². The summed E-state index contributed by atoms with van der Waals surface area (Å²) in [5.41, 5.74) is 0. The Morgan fingerprint density at radius 3 is 0.667 bits per heavy atom. The average molecular weight is 717 g/mol. The van der Waals surface area contributed by atoms with E-state index in [0.29, 0.717) is 0 Å². The van der Waals surface area contributed by atoms with Crippen LogP contribution in [0.2, 0.25) is 0 Å². The van der Waals surface area contributed by atoms with Gasteiger partial charge in [-0.1, -0.05) is 109 Å². The van der Waals surface area contributed by atoms with E-state index in [0.717, 1.165) is 0 Å². The fraction of sp³-hybridized carbons (Fsp3) is 0.116.